The first-order valence-corrected chi connectivity index (χ1v) is 10.3. The fourth-order valence-corrected chi connectivity index (χ4v) is 4.42. The van der Waals surface area contributed by atoms with Crippen molar-refractivity contribution in [1.82, 2.24) is 9.97 Å². The van der Waals surface area contributed by atoms with Gasteiger partial charge in [0.05, 0.1) is 47.0 Å². The first kappa shape index (κ1) is 18.3. The van der Waals surface area contributed by atoms with Gasteiger partial charge in [-0.3, -0.25) is 9.98 Å². The van der Waals surface area contributed by atoms with E-state index in [2.05, 4.69) is 9.98 Å². The van der Waals surface area contributed by atoms with Crippen LogP contribution in [-0.4, -0.2) is 37.8 Å². The Kier molecular flexibility index (Phi) is 3.97. The molecule has 0 radical (unpaired) electrons. The van der Waals surface area contributed by atoms with Crippen molar-refractivity contribution in [3.05, 3.63) is 84.1 Å². The number of amidine groups is 1. The number of aliphatic hydroxyl groups is 1. The zero-order chi connectivity index (χ0) is 21.0. The Bertz CT molecular complexity index is 1320. The van der Waals surface area contributed by atoms with Gasteiger partial charge < -0.3 is 5.11 Å². The van der Waals surface area contributed by atoms with Crippen molar-refractivity contribution in [3.8, 4) is 11.3 Å². The standard InChI is InChI=1S/C24H21N6O/c25-30-9-8-26-14-22(30)23(17-10-18(31)11-17)29-24(30)16-6-7-19-20(12-16)28-21(13-27-19)15-4-2-1-3-5-15/h1-9,12-14,17-18,31H,10-11,25H2/q+1. The molecule has 3 aliphatic rings. The summed E-state index contributed by atoms with van der Waals surface area (Å²) in [4.78, 5) is 18.7. The zero-order valence-corrected chi connectivity index (χ0v) is 16.8. The lowest BCUT2D eigenvalue weighted by Crippen LogP contribution is -2.53. The normalized spacial score (nSPS) is 26.7. The highest BCUT2D eigenvalue weighted by atomic mass is 16.3. The first-order chi connectivity index (χ1) is 15.1. The number of quaternary nitrogens is 1. The smallest absolute Gasteiger partial charge is 0.264 e. The van der Waals surface area contributed by atoms with E-state index in [-0.39, 0.29) is 16.6 Å². The van der Waals surface area contributed by atoms with Crippen LogP contribution in [0.5, 0.6) is 0 Å². The number of nitrogens with zero attached hydrogens (tertiary/aromatic N) is 5. The molecule has 1 atom stereocenters. The van der Waals surface area contributed by atoms with E-state index in [4.69, 9.17) is 15.8 Å². The Balaban J connectivity index is 1.45. The molecule has 0 amide bonds. The predicted molar refractivity (Wildman–Crippen MR) is 119 cm³/mol. The van der Waals surface area contributed by atoms with Crippen LogP contribution >= 0.6 is 0 Å². The van der Waals surface area contributed by atoms with E-state index in [1.54, 1.807) is 18.6 Å². The molecule has 1 fully saturated rings. The minimum atomic E-state index is -0.263. The molecule has 1 aliphatic carbocycles. The van der Waals surface area contributed by atoms with Crippen LogP contribution in [0.15, 0.2) is 88.5 Å². The molecule has 1 aromatic heterocycles. The summed E-state index contributed by atoms with van der Waals surface area (Å²) in [6.45, 7) is 0. The van der Waals surface area contributed by atoms with Crippen LogP contribution in [0.3, 0.4) is 0 Å². The number of rotatable bonds is 3. The van der Waals surface area contributed by atoms with E-state index >= 15 is 0 Å². The SMILES string of the molecule is N[N+]12C=CN=CC1=C(C1CC(O)C1)N=C2c1ccc2ncc(-c3ccccc3)nc2c1. The molecular weight excluding hydrogens is 388 g/mol. The summed E-state index contributed by atoms with van der Waals surface area (Å²) in [6, 6.07) is 15.9. The molecular formula is C24H21N6O+. The Hall–Kier alpha value is -3.52. The number of benzene rings is 2. The highest BCUT2D eigenvalue weighted by Gasteiger charge is 2.47. The van der Waals surface area contributed by atoms with Gasteiger partial charge in [0.15, 0.2) is 0 Å². The molecule has 31 heavy (non-hydrogen) atoms. The number of nitrogens with two attached hydrogens (primary N) is 1. The molecule has 2 aliphatic heterocycles. The van der Waals surface area contributed by atoms with Crippen molar-refractivity contribution in [2.75, 3.05) is 0 Å². The van der Waals surface area contributed by atoms with E-state index in [0.29, 0.717) is 12.8 Å². The molecule has 1 saturated carbocycles. The molecule has 2 aromatic carbocycles. The molecule has 0 spiro atoms. The average Bonchev–Trinajstić information content (AvgIpc) is 3.09. The Morgan fingerprint density at radius 2 is 1.84 bits per heavy atom. The van der Waals surface area contributed by atoms with Crippen LogP contribution in [0.2, 0.25) is 0 Å². The third kappa shape index (κ3) is 2.86. The topological polar surface area (TPSA) is 96.8 Å². The molecule has 152 valence electrons. The van der Waals surface area contributed by atoms with E-state index in [9.17, 15) is 5.11 Å². The highest BCUT2D eigenvalue weighted by Crippen LogP contribution is 2.42. The minimum absolute atomic E-state index is 0.0251. The Labute approximate surface area is 179 Å². The number of aliphatic hydroxyl groups excluding tert-OH is 1. The van der Waals surface area contributed by atoms with Crippen molar-refractivity contribution in [2.45, 2.75) is 18.9 Å². The largest absolute Gasteiger partial charge is 0.393 e. The van der Waals surface area contributed by atoms with Crippen LogP contribution in [-0.2, 0) is 0 Å². The summed E-state index contributed by atoms with van der Waals surface area (Å²) < 4.78 is -0.0251. The van der Waals surface area contributed by atoms with Crippen LogP contribution in [0.25, 0.3) is 22.3 Å². The molecule has 6 rings (SSSR count). The fraction of sp³-hybridized carbons (Fsp3) is 0.167. The van der Waals surface area contributed by atoms with Gasteiger partial charge in [-0.25, -0.2) is 4.98 Å². The summed E-state index contributed by atoms with van der Waals surface area (Å²) in [5.74, 6) is 7.74. The van der Waals surface area contributed by atoms with Crippen molar-refractivity contribution in [1.29, 1.82) is 0 Å². The second-order valence-corrected chi connectivity index (χ2v) is 8.21. The molecule has 0 bridgehead atoms. The highest BCUT2D eigenvalue weighted by molar-refractivity contribution is 6.02. The number of hydrogen-bond donors (Lipinski definition) is 2. The molecule has 3 N–H and O–H groups in total. The summed E-state index contributed by atoms with van der Waals surface area (Å²) in [7, 11) is 0. The van der Waals surface area contributed by atoms with Crippen LogP contribution in [0.1, 0.15) is 18.4 Å². The van der Waals surface area contributed by atoms with Crippen LogP contribution in [0, 0.1) is 5.92 Å². The average molecular weight is 409 g/mol. The van der Waals surface area contributed by atoms with Crippen molar-refractivity contribution >= 4 is 23.1 Å². The van der Waals surface area contributed by atoms with Gasteiger partial charge in [-0.2, -0.15) is 10.8 Å². The van der Waals surface area contributed by atoms with Gasteiger partial charge in [-0.1, -0.05) is 30.3 Å². The second-order valence-electron chi connectivity index (χ2n) is 8.21. The maximum atomic E-state index is 9.79. The predicted octanol–water partition coefficient (Wildman–Crippen LogP) is 3.29. The lowest BCUT2D eigenvalue weighted by atomic mass is 9.79. The summed E-state index contributed by atoms with van der Waals surface area (Å²) >= 11 is 0. The first-order valence-electron chi connectivity index (χ1n) is 10.3. The number of aromatic nitrogens is 2. The molecule has 0 saturated heterocycles. The summed E-state index contributed by atoms with van der Waals surface area (Å²) in [5, 5.41) is 9.79. The van der Waals surface area contributed by atoms with Gasteiger partial charge in [0.1, 0.15) is 11.9 Å². The number of hydrogen-bond acceptors (Lipinski definition) is 6. The van der Waals surface area contributed by atoms with Gasteiger partial charge in [-0.05, 0) is 31.0 Å². The van der Waals surface area contributed by atoms with Gasteiger partial charge in [0.2, 0.25) is 5.70 Å². The second kappa shape index (κ2) is 6.75. The molecule has 3 heterocycles. The maximum Gasteiger partial charge on any atom is 0.264 e. The van der Waals surface area contributed by atoms with E-state index in [0.717, 1.165) is 45.1 Å². The van der Waals surface area contributed by atoms with Gasteiger partial charge >= 0.3 is 0 Å². The van der Waals surface area contributed by atoms with Gasteiger partial charge in [0.25, 0.3) is 5.84 Å². The Morgan fingerprint density at radius 1 is 1.00 bits per heavy atom. The number of allylic oxidation sites excluding steroid dienone is 2. The molecule has 3 aromatic rings. The molecule has 7 heteroatoms. The van der Waals surface area contributed by atoms with E-state index in [1.165, 1.54) is 0 Å². The quantitative estimate of drug-likeness (QED) is 0.512. The molecule has 7 nitrogen and oxygen atoms in total. The molecule has 1 unspecified atom stereocenters. The van der Waals surface area contributed by atoms with Crippen molar-refractivity contribution < 1.29 is 9.70 Å². The third-order valence-electron chi connectivity index (χ3n) is 6.19. The van der Waals surface area contributed by atoms with E-state index in [1.807, 2.05) is 54.7 Å². The van der Waals surface area contributed by atoms with Crippen LogP contribution in [0.4, 0.5) is 0 Å². The Morgan fingerprint density at radius 3 is 2.65 bits per heavy atom. The third-order valence-corrected chi connectivity index (χ3v) is 6.19. The zero-order valence-electron chi connectivity index (χ0n) is 16.8. The summed E-state index contributed by atoms with van der Waals surface area (Å²) in [6.07, 6.45) is 8.27. The minimum Gasteiger partial charge on any atom is -0.393 e. The monoisotopic (exact) mass is 409 g/mol. The fourth-order valence-electron chi connectivity index (χ4n) is 4.42. The maximum absolute atomic E-state index is 9.79. The van der Waals surface area contributed by atoms with Gasteiger partial charge in [-0.15, -0.1) is 4.59 Å². The van der Waals surface area contributed by atoms with Crippen LogP contribution < -0.4 is 5.84 Å². The van der Waals surface area contributed by atoms with Crippen molar-refractivity contribution in [3.63, 3.8) is 0 Å². The summed E-state index contributed by atoms with van der Waals surface area (Å²) in [5.41, 5.74) is 6.12. The van der Waals surface area contributed by atoms with E-state index < -0.39 is 0 Å². The van der Waals surface area contributed by atoms with Gasteiger partial charge in [0, 0.05) is 11.5 Å². The lowest BCUT2D eigenvalue weighted by molar-refractivity contribution is -0.750. The number of aliphatic imine (C=N–C) groups is 2. The lowest BCUT2D eigenvalue weighted by Gasteiger charge is -2.31. The van der Waals surface area contributed by atoms with Crippen molar-refractivity contribution in [2.24, 2.45) is 21.7 Å². The number of fused-ring (bicyclic) bond motifs is 2.